The predicted molar refractivity (Wildman–Crippen MR) is 96.1 cm³/mol. The number of ether oxygens (including phenoxy) is 2. The van der Waals surface area contributed by atoms with Crippen LogP contribution in [-0.2, 0) is 14.3 Å². The fourth-order valence-electron chi connectivity index (χ4n) is 7.05. The van der Waals surface area contributed by atoms with Gasteiger partial charge < -0.3 is 9.47 Å². The molecule has 5 rings (SSSR count). The van der Waals surface area contributed by atoms with E-state index in [1.165, 1.54) is 17.6 Å². The molecule has 0 N–H and O–H groups in total. The lowest BCUT2D eigenvalue weighted by Gasteiger charge is -2.57. The maximum absolute atomic E-state index is 12.6. The molecule has 0 bridgehead atoms. The first-order valence-corrected chi connectivity index (χ1v) is 10.1. The molecular formula is C22H30O3. The van der Waals surface area contributed by atoms with Crippen LogP contribution in [0.1, 0.15) is 52.9 Å². The molecule has 1 heterocycles. The monoisotopic (exact) mass is 342 g/mol. The Labute approximate surface area is 150 Å². The first-order chi connectivity index (χ1) is 11.9. The second-order valence-corrected chi connectivity index (χ2v) is 9.50. The van der Waals surface area contributed by atoms with Crippen molar-refractivity contribution in [2.24, 2.45) is 28.6 Å². The summed E-state index contributed by atoms with van der Waals surface area (Å²) in [5, 5.41) is 0. The maximum atomic E-state index is 12.6. The van der Waals surface area contributed by atoms with Crippen molar-refractivity contribution >= 4 is 5.78 Å². The predicted octanol–water partition coefficient (Wildman–Crippen LogP) is 4.08. The Morgan fingerprint density at radius 1 is 1.04 bits per heavy atom. The van der Waals surface area contributed by atoms with Gasteiger partial charge in [-0.3, -0.25) is 4.79 Å². The van der Waals surface area contributed by atoms with Crippen LogP contribution in [0.15, 0.2) is 23.3 Å². The summed E-state index contributed by atoms with van der Waals surface area (Å²) in [7, 11) is 0. The quantitative estimate of drug-likeness (QED) is 0.665. The van der Waals surface area contributed by atoms with Gasteiger partial charge >= 0.3 is 0 Å². The molecule has 2 saturated carbocycles. The van der Waals surface area contributed by atoms with Crippen molar-refractivity contribution in [1.82, 2.24) is 0 Å². The zero-order valence-electron chi connectivity index (χ0n) is 15.7. The molecule has 0 aromatic carbocycles. The van der Waals surface area contributed by atoms with Crippen molar-refractivity contribution < 1.29 is 14.3 Å². The minimum absolute atomic E-state index is 0.0722. The molecule has 1 aliphatic heterocycles. The van der Waals surface area contributed by atoms with Gasteiger partial charge in [-0.15, -0.1) is 0 Å². The SMILES string of the molecule is CC1=C[C@@H]2[C@H](CC[C@]3(C)C(=O)CC[C@@H]23)[C@@]2(C)CC3OCCOC3C=C12. The number of carbonyl (C=O) groups excluding carboxylic acids is 1. The molecule has 2 unspecified atom stereocenters. The fourth-order valence-corrected chi connectivity index (χ4v) is 7.05. The summed E-state index contributed by atoms with van der Waals surface area (Å²) in [6.45, 7) is 8.40. The lowest BCUT2D eigenvalue weighted by atomic mass is 9.48. The molecular weight excluding hydrogens is 312 g/mol. The van der Waals surface area contributed by atoms with Gasteiger partial charge in [0.15, 0.2) is 0 Å². The van der Waals surface area contributed by atoms with Crippen molar-refractivity contribution in [3.8, 4) is 0 Å². The van der Waals surface area contributed by atoms with E-state index >= 15 is 0 Å². The third kappa shape index (κ3) is 2.09. The molecule has 3 heteroatoms. The van der Waals surface area contributed by atoms with Gasteiger partial charge in [0.2, 0.25) is 0 Å². The fraction of sp³-hybridized carbons (Fsp3) is 0.773. The highest BCUT2D eigenvalue weighted by atomic mass is 16.6. The van der Waals surface area contributed by atoms with Crippen LogP contribution < -0.4 is 0 Å². The van der Waals surface area contributed by atoms with Crippen molar-refractivity contribution in [2.75, 3.05) is 13.2 Å². The molecule has 4 aliphatic carbocycles. The standard InChI is InChI=1S/C22H30O3/c1-13-10-14-15-4-5-20(23)21(15,2)7-6-16(14)22(3)12-19-18(11-17(13)22)24-8-9-25-19/h10-11,14-16,18-19H,4-9,12H2,1-3H3/t14-,15-,16-,18?,19?,21-,22+/m0/s1. The normalized spacial score (nSPS) is 51.6. The van der Waals surface area contributed by atoms with E-state index in [9.17, 15) is 4.79 Å². The number of hydrogen-bond acceptors (Lipinski definition) is 3. The second-order valence-electron chi connectivity index (χ2n) is 9.50. The van der Waals surface area contributed by atoms with E-state index in [2.05, 4.69) is 32.9 Å². The third-order valence-electron chi connectivity index (χ3n) is 8.39. The summed E-state index contributed by atoms with van der Waals surface area (Å²) in [5.41, 5.74) is 3.00. The van der Waals surface area contributed by atoms with Gasteiger partial charge in [-0.2, -0.15) is 0 Å². The Morgan fingerprint density at radius 2 is 1.80 bits per heavy atom. The Balaban J connectivity index is 1.58. The Morgan fingerprint density at radius 3 is 2.64 bits per heavy atom. The van der Waals surface area contributed by atoms with E-state index in [-0.39, 0.29) is 23.0 Å². The van der Waals surface area contributed by atoms with Crippen LogP contribution in [0.3, 0.4) is 0 Å². The number of rotatable bonds is 0. The maximum Gasteiger partial charge on any atom is 0.139 e. The van der Waals surface area contributed by atoms with Gasteiger partial charge in [-0.25, -0.2) is 0 Å². The van der Waals surface area contributed by atoms with Gasteiger partial charge in [0.05, 0.1) is 19.3 Å². The summed E-state index contributed by atoms with van der Waals surface area (Å²) in [5.74, 6) is 2.24. The lowest BCUT2D eigenvalue weighted by molar-refractivity contribution is -0.148. The molecule has 3 nitrogen and oxygen atoms in total. The number of ketones is 1. The molecule has 1 saturated heterocycles. The van der Waals surface area contributed by atoms with E-state index in [4.69, 9.17) is 9.47 Å². The average molecular weight is 342 g/mol. The van der Waals surface area contributed by atoms with E-state index in [1.807, 2.05) is 0 Å². The molecule has 25 heavy (non-hydrogen) atoms. The van der Waals surface area contributed by atoms with Gasteiger partial charge in [0.25, 0.3) is 0 Å². The van der Waals surface area contributed by atoms with E-state index in [0.717, 1.165) is 32.3 Å². The third-order valence-corrected chi connectivity index (χ3v) is 8.39. The molecule has 0 radical (unpaired) electrons. The van der Waals surface area contributed by atoms with E-state index in [1.54, 1.807) is 0 Å². The lowest BCUT2D eigenvalue weighted by Crippen LogP contribution is -2.53. The van der Waals surface area contributed by atoms with Gasteiger partial charge in [-0.1, -0.05) is 25.5 Å². The average Bonchev–Trinajstić information content (AvgIpc) is 2.89. The first kappa shape index (κ1) is 16.3. The molecule has 0 aromatic heterocycles. The summed E-state index contributed by atoms with van der Waals surface area (Å²) >= 11 is 0. The minimum atomic E-state index is -0.0722. The molecule has 0 amide bonds. The Bertz CT molecular complexity index is 677. The molecule has 0 aromatic rings. The van der Waals surface area contributed by atoms with Gasteiger partial charge in [0, 0.05) is 11.8 Å². The molecule has 7 atom stereocenters. The molecule has 5 aliphatic rings. The van der Waals surface area contributed by atoms with Crippen LogP contribution >= 0.6 is 0 Å². The van der Waals surface area contributed by atoms with Crippen LogP contribution in [0.5, 0.6) is 0 Å². The summed E-state index contributed by atoms with van der Waals surface area (Å²) in [6.07, 6.45) is 10.4. The smallest absolute Gasteiger partial charge is 0.139 e. The van der Waals surface area contributed by atoms with Gasteiger partial charge in [-0.05, 0) is 67.4 Å². The number of hydrogen-bond donors (Lipinski definition) is 0. The van der Waals surface area contributed by atoms with Crippen molar-refractivity contribution in [2.45, 2.75) is 65.1 Å². The second kappa shape index (κ2) is 5.29. The first-order valence-electron chi connectivity index (χ1n) is 10.1. The molecule has 0 spiro atoms. The van der Waals surface area contributed by atoms with Crippen LogP contribution in [0.4, 0.5) is 0 Å². The van der Waals surface area contributed by atoms with Crippen molar-refractivity contribution in [1.29, 1.82) is 0 Å². The van der Waals surface area contributed by atoms with Crippen LogP contribution in [0.25, 0.3) is 0 Å². The molecule has 3 fully saturated rings. The van der Waals surface area contributed by atoms with E-state index in [0.29, 0.717) is 30.1 Å². The number of allylic oxidation sites excluding steroid dienone is 3. The highest BCUT2D eigenvalue weighted by molar-refractivity contribution is 5.87. The van der Waals surface area contributed by atoms with Crippen LogP contribution in [-0.4, -0.2) is 31.2 Å². The minimum Gasteiger partial charge on any atom is -0.373 e. The summed E-state index contributed by atoms with van der Waals surface area (Å²) in [4.78, 5) is 12.6. The topological polar surface area (TPSA) is 35.5 Å². The zero-order chi connectivity index (χ0) is 17.4. The largest absolute Gasteiger partial charge is 0.373 e. The van der Waals surface area contributed by atoms with Crippen molar-refractivity contribution in [3.63, 3.8) is 0 Å². The Kier molecular flexibility index (Phi) is 3.44. The van der Waals surface area contributed by atoms with Crippen LogP contribution in [0.2, 0.25) is 0 Å². The highest BCUT2D eigenvalue weighted by Crippen LogP contribution is 2.64. The summed E-state index contributed by atoms with van der Waals surface area (Å²) < 4.78 is 12.1. The molecule has 136 valence electrons. The highest BCUT2D eigenvalue weighted by Gasteiger charge is 2.59. The van der Waals surface area contributed by atoms with Gasteiger partial charge in [0.1, 0.15) is 11.9 Å². The zero-order valence-corrected chi connectivity index (χ0v) is 15.7. The van der Waals surface area contributed by atoms with Crippen LogP contribution in [0, 0.1) is 28.6 Å². The van der Waals surface area contributed by atoms with E-state index < -0.39 is 0 Å². The number of fused-ring (bicyclic) bond motifs is 6. The van der Waals surface area contributed by atoms with Crippen molar-refractivity contribution in [3.05, 3.63) is 23.3 Å². The number of Topliss-reactive ketones (excluding diaryl/α,β-unsaturated/α-hetero) is 1. The summed E-state index contributed by atoms with van der Waals surface area (Å²) in [6, 6.07) is 0. The number of carbonyl (C=O) groups is 1. The Hall–Kier alpha value is -0.930.